The molecule has 0 aliphatic heterocycles. The summed E-state index contributed by atoms with van der Waals surface area (Å²) in [6, 6.07) is 20.6. The van der Waals surface area contributed by atoms with Gasteiger partial charge in [0.15, 0.2) is 5.96 Å². The van der Waals surface area contributed by atoms with Crippen LogP contribution in [0.2, 0.25) is 0 Å². The lowest BCUT2D eigenvalue weighted by Gasteiger charge is -2.15. The van der Waals surface area contributed by atoms with Crippen LogP contribution in [0, 0.1) is 0 Å². The van der Waals surface area contributed by atoms with Gasteiger partial charge in [-0.15, -0.1) is 0 Å². The number of benzene rings is 2. The van der Waals surface area contributed by atoms with Crippen molar-refractivity contribution < 1.29 is 4.74 Å². The zero-order chi connectivity index (χ0) is 19.6. The Kier molecular flexibility index (Phi) is 7.38. The highest BCUT2D eigenvalue weighted by molar-refractivity contribution is 5.83. The lowest BCUT2D eigenvalue weighted by molar-refractivity contribution is 0.0646. The molecule has 0 aliphatic rings. The van der Waals surface area contributed by atoms with Crippen molar-refractivity contribution >= 4 is 16.9 Å². The van der Waals surface area contributed by atoms with Crippen molar-refractivity contribution in [2.75, 3.05) is 20.2 Å². The van der Waals surface area contributed by atoms with Crippen LogP contribution in [-0.4, -0.2) is 31.1 Å². The molecule has 0 bridgehead atoms. The van der Waals surface area contributed by atoms with Gasteiger partial charge in [-0.3, -0.25) is 9.98 Å². The summed E-state index contributed by atoms with van der Waals surface area (Å²) >= 11 is 0. The summed E-state index contributed by atoms with van der Waals surface area (Å²) in [5, 5.41) is 7.85. The molecule has 0 saturated heterocycles. The first kappa shape index (κ1) is 19.8. The number of nitrogens with zero attached hydrogens (tertiary/aromatic N) is 2. The Morgan fingerprint density at radius 3 is 2.68 bits per heavy atom. The van der Waals surface area contributed by atoms with E-state index in [1.807, 2.05) is 30.5 Å². The fourth-order valence-electron chi connectivity index (χ4n) is 3.07. The summed E-state index contributed by atoms with van der Waals surface area (Å²) in [7, 11) is 1.78. The van der Waals surface area contributed by atoms with Gasteiger partial charge in [0.1, 0.15) is 0 Å². The van der Waals surface area contributed by atoms with Crippen molar-refractivity contribution in [2.45, 2.75) is 26.0 Å². The molecule has 1 unspecified atom stereocenters. The second-order valence-corrected chi connectivity index (χ2v) is 6.62. The van der Waals surface area contributed by atoms with Gasteiger partial charge < -0.3 is 15.4 Å². The number of hydrogen-bond acceptors (Lipinski definition) is 3. The van der Waals surface area contributed by atoms with Crippen molar-refractivity contribution in [1.82, 2.24) is 15.6 Å². The summed E-state index contributed by atoms with van der Waals surface area (Å²) in [6.07, 6.45) is 2.85. The molecule has 2 N–H and O–H groups in total. The molecule has 0 radical (unpaired) electrons. The molecule has 0 aliphatic carbocycles. The quantitative estimate of drug-likeness (QED) is 0.353. The van der Waals surface area contributed by atoms with Crippen LogP contribution in [-0.2, 0) is 11.3 Å². The van der Waals surface area contributed by atoms with E-state index in [-0.39, 0.29) is 6.10 Å². The summed E-state index contributed by atoms with van der Waals surface area (Å²) in [6.45, 7) is 4.26. The first-order valence-electron chi connectivity index (χ1n) is 9.71. The Hall–Kier alpha value is -2.92. The first-order valence-corrected chi connectivity index (χ1v) is 9.71. The lowest BCUT2D eigenvalue weighted by Crippen LogP contribution is -2.37. The third-order valence-electron chi connectivity index (χ3n) is 4.64. The molecular formula is C23H28N4O. The maximum absolute atomic E-state index is 5.91. The van der Waals surface area contributed by atoms with Gasteiger partial charge in [-0.25, -0.2) is 0 Å². The average Bonchev–Trinajstić information content (AvgIpc) is 2.76. The molecule has 5 nitrogen and oxygen atoms in total. The normalized spacial score (nSPS) is 12.7. The minimum Gasteiger partial charge on any atom is -0.374 e. The minimum atomic E-state index is 0.109. The molecule has 0 spiro atoms. The van der Waals surface area contributed by atoms with E-state index < -0.39 is 0 Å². The van der Waals surface area contributed by atoms with Crippen LogP contribution >= 0.6 is 0 Å². The van der Waals surface area contributed by atoms with Gasteiger partial charge in [0.2, 0.25) is 0 Å². The van der Waals surface area contributed by atoms with E-state index in [1.165, 1.54) is 5.56 Å². The number of para-hydroxylation sites is 1. The smallest absolute Gasteiger partial charge is 0.191 e. The van der Waals surface area contributed by atoms with E-state index >= 15 is 0 Å². The van der Waals surface area contributed by atoms with E-state index in [0.29, 0.717) is 13.2 Å². The van der Waals surface area contributed by atoms with E-state index in [9.17, 15) is 0 Å². The number of guanidine groups is 1. The number of hydrogen-bond donors (Lipinski definition) is 2. The largest absolute Gasteiger partial charge is 0.374 e. The molecule has 146 valence electrons. The second kappa shape index (κ2) is 10.4. The molecule has 3 rings (SSSR count). The van der Waals surface area contributed by atoms with Crippen molar-refractivity contribution in [3.8, 4) is 0 Å². The molecule has 5 heteroatoms. The molecule has 3 aromatic rings. The molecule has 0 fully saturated rings. The highest BCUT2D eigenvalue weighted by Gasteiger charge is 2.05. The fourth-order valence-corrected chi connectivity index (χ4v) is 3.07. The van der Waals surface area contributed by atoms with E-state index in [2.05, 4.69) is 63.9 Å². The van der Waals surface area contributed by atoms with Crippen LogP contribution in [0.15, 0.2) is 71.9 Å². The van der Waals surface area contributed by atoms with Crippen molar-refractivity contribution in [1.29, 1.82) is 0 Å². The molecule has 2 aromatic carbocycles. The number of fused-ring (bicyclic) bond motifs is 1. The van der Waals surface area contributed by atoms with Crippen LogP contribution < -0.4 is 10.6 Å². The number of pyridine rings is 1. The predicted octanol–water partition coefficient (Wildman–Crippen LogP) is 4.07. The van der Waals surface area contributed by atoms with E-state index in [1.54, 1.807) is 7.05 Å². The number of aliphatic imine (C=N–C) groups is 1. The summed E-state index contributed by atoms with van der Waals surface area (Å²) in [5.41, 5.74) is 3.38. The number of ether oxygens (including phenoxy) is 1. The van der Waals surface area contributed by atoms with Crippen molar-refractivity contribution in [3.63, 3.8) is 0 Å². The SMILES string of the molecule is CN=C(NCCCOC(C)c1ccccc1)NCc1cccc2cccnc12. The highest BCUT2D eigenvalue weighted by Crippen LogP contribution is 2.16. The minimum absolute atomic E-state index is 0.109. The summed E-state index contributed by atoms with van der Waals surface area (Å²) < 4.78 is 5.91. The van der Waals surface area contributed by atoms with E-state index in [0.717, 1.165) is 35.4 Å². The Morgan fingerprint density at radius 1 is 1.04 bits per heavy atom. The van der Waals surface area contributed by atoms with Crippen molar-refractivity contribution in [2.24, 2.45) is 4.99 Å². The second-order valence-electron chi connectivity index (χ2n) is 6.62. The van der Waals surface area contributed by atoms with Crippen LogP contribution in [0.5, 0.6) is 0 Å². The highest BCUT2D eigenvalue weighted by atomic mass is 16.5. The van der Waals surface area contributed by atoms with Gasteiger partial charge in [-0.2, -0.15) is 0 Å². The van der Waals surface area contributed by atoms with Crippen LogP contribution in [0.25, 0.3) is 10.9 Å². The Balaban J connectivity index is 1.40. The Labute approximate surface area is 166 Å². The van der Waals surface area contributed by atoms with Crippen molar-refractivity contribution in [3.05, 3.63) is 78.0 Å². The topological polar surface area (TPSA) is 58.5 Å². The fraction of sp³-hybridized carbons (Fsp3) is 0.304. The molecule has 1 atom stereocenters. The predicted molar refractivity (Wildman–Crippen MR) is 115 cm³/mol. The maximum atomic E-state index is 5.91. The van der Waals surface area contributed by atoms with Gasteiger partial charge in [-0.1, -0.05) is 54.6 Å². The monoisotopic (exact) mass is 376 g/mol. The third kappa shape index (κ3) is 5.54. The number of rotatable bonds is 8. The Bertz CT molecular complexity index is 890. The first-order chi connectivity index (χ1) is 13.8. The molecule has 0 amide bonds. The van der Waals surface area contributed by atoms with Crippen LogP contribution in [0.3, 0.4) is 0 Å². The van der Waals surface area contributed by atoms with Gasteiger partial charge in [-0.05, 0) is 30.5 Å². The summed E-state index contributed by atoms with van der Waals surface area (Å²) in [4.78, 5) is 8.79. The van der Waals surface area contributed by atoms with Crippen LogP contribution in [0.4, 0.5) is 0 Å². The van der Waals surface area contributed by atoms with Gasteiger partial charge >= 0.3 is 0 Å². The maximum Gasteiger partial charge on any atom is 0.191 e. The lowest BCUT2D eigenvalue weighted by atomic mass is 10.1. The molecule has 0 saturated carbocycles. The molecule has 28 heavy (non-hydrogen) atoms. The van der Waals surface area contributed by atoms with Gasteiger partial charge in [0.05, 0.1) is 11.6 Å². The average molecular weight is 377 g/mol. The zero-order valence-electron chi connectivity index (χ0n) is 16.6. The van der Waals surface area contributed by atoms with E-state index in [4.69, 9.17) is 4.74 Å². The number of nitrogens with one attached hydrogen (secondary N) is 2. The van der Waals surface area contributed by atoms with Crippen LogP contribution in [0.1, 0.15) is 30.6 Å². The third-order valence-corrected chi connectivity index (χ3v) is 4.64. The molecule has 1 heterocycles. The zero-order valence-corrected chi connectivity index (χ0v) is 16.6. The van der Waals surface area contributed by atoms with Gasteiger partial charge in [0, 0.05) is 38.3 Å². The standard InChI is InChI=1S/C23H28N4O/c1-18(19-9-4-3-5-10-19)28-16-8-15-26-23(24-2)27-17-21-12-6-11-20-13-7-14-25-22(20)21/h3-7,9-14,18H,8,15-17H2,1-2H3,(H2,24,26,27). The molecule has 1 aromatic heterocycles. The summed E-state index contributed by atoms with van der Waals surface area (Å²) in [5.74, 6) is 0.782. The Morgan fingerprint density at radius 2 is 1.86 bits per heavy atom. The number of aromatic nitrogens is 1. The molecular weight excluding hydrogens is 348 g/mol. The van der Waals surface area contributed by atoms with Gasteiger partial charge in [0.25, 0.3) is 0 Å².